The van der Waals surface area contributed by atoms with Crippen molar-refractivity contribution in [3.63, 3.8) is 0 Å². The monoisotopic (exact) mass is 358 g/mol. The third kappa shape index (κ3) is 4.71. The van der Waals surface area contributed by atoms with Crippen molar-refractivity contribution >= 4 is 6.09 Å². The summed E-state index contributed by atoms with van der Waals surface area (Å²) in [6.45, 7) is 6.90. The van der Waals surface area contributed by atoms with Crippen molar-refractivity contribution in [3.8, 4) is 5.75 Å². The number of hydrogen-bond donors (Lipinski definition) is 0. The number of ether oxygens (including phenoxy) is 2. The molecule has 0 radical (unpaired) electrons. The summed E-state index contributed by atoms with van der Waals surface area (Å²) in [6, 6.07) is 8.01. The maximum absolute atomic E-state index is 13.2. The molecule has 0 saturated carbocycles. The number of fused-ring (bicyclic) bond motifs is 1. The van der Waals surface area contributed by atoms with Crippen molar-refractivity contribution in [3.05, 3.63) is 59.2 Å². The minimum atomic E-state index is -0.518. The normalized spacial score (nSPS) is 13.9. The van der Waals surface area contributed by atoms with Gasteiger partial charge in [-0.2, -0.15) is 0 Å². The van der Waals surface area contributed by atoms with E-state index in [0.29, 0.717) is 25.3 Å². The van der Waals surface area contributed by atoms with E-state index in [0.717, 1.165) is 16.8 Å². The number of carbonyl (C=O) groups is 1. The molecule has 0 spiro atoms. The van der Waals surface area contributed by atoms with Crippen LogP contribution in [0.2, 0.25) is 0 Å². The fourth-order valence-electron chi connectivity index (χ4n) is 2.76. The lowest BCUT2D eigenvalue weighted by Crippen LogP contribution is -2.40. The second-order valence-electron chi connectivity index (χ2n) is 7.35. The maximum atomic E-state index is 13.2. The third-order valence-electron chi connectivity index (χ3n) is 3.95. The van der Waals surface area contributed by atoms with E-state index >= 15 is 0 Å². The average Bonchev–Trinajstić information content (AvgIpc) is 2.58. The van der Waals surface area contributed by atoms with Crippen LogP contribution in [0, 0.1) is 5.82 Å². The van der Waals surface area contributed by atoms with E-state index < -0.39 is 5.60 Å². The highest BCUT2D eigenvalue weighted by Crippen LogP contribution is 2.21. The van der Waals surface area contributed by atoms with Crippen LogP contribution in [-0.2, 0) is 24.3 Å². The molecular formula is C20H23FN2O3. The van der Waals surface area contributed by atoms with Crippen LogP contribution in [0.25, 0.3) is 0 Å². The number of halogens is 1. The smallest absolute Gasteiger partial charge is 0.410 e. The summed E-state index contributed by atoms with van der Waals surface area (Å²) < 4.78 is 24.3. The third-order valence-corrected chi connectivity index (χ3v) is 3.95. The van der Waals surface area contributed by atoms with Crippen LogP contribution < -0.4 is 4.74 Å². The molecule has 26 heavy (non-hydrogen) atoms. The summed E-state index contributed by atoms with van der Waals surface area (Å²) in [5.41, 5.74) is 2.33. The largest absolute Gasteiger partial charge is 0.489 e. The number of amides is 1. The number of rotatable bonds is 3. The molecule has 138 valence electrons. The molecule has 0 fully saturated rings. The molecule has 0 saturated heterocycles. The van der Waals surface area contributed by atoms with E-state index in [9.17, 15) is 9.18 Å². The van der Waals surface area contributed by atoms with Crippen LogP contribution in [0.15, 0.2) is 36.5 Å². The van der Waals surface area contributed by atoms with Gasteiger partial charge in [-0.1, -0.05) is 6.07 Å². The highest BCUT2D eigenvalue weighted by atomic mass is 19.1. The van der Waals surface area contributed by atoms with Crippen LogP contribution in [0.5, 0.6) is 5.75 Å². The molecule has 1 aliphatic rings. The molecule has 1 aromatic carbocycles. The Morgan fingerprint density at radius 3 is 2.85 bits per heavy atom. The second-order valence-corrected chi connectivity index (χ2v) is 7.35. The SMILES string of the molecule is CC(C)(C)OC(=O)N1CCc2ncc(COc3cccc(F)c3)cc2C1. The minimum absolute atomic E-state index is 0.288. The number of benzene rings is 1. The summed E-state index contributed by atoms with van der Waals surface area (Å²) in [6.07, 6.45) is 2.14. The molecule has 0 unspecified atom stereocenters. The molecule has 1 aromatic heterocycles. The molecule has 3 rings (SSSR count). The van der Waals surface area contributed by atoms with Gasteiger partial charge in [-0.05, 0) is 44.5 Å². The first-order valence-electron chi connectivity index (χ1n) is 8.63. The predicted molar refractivity (Wildman–Crippen MR) is 95.3 cm³/mol. The Morgan fingerprint density at radius 1 is 1.31 bits per heavy atom. The summed E-state index contributed by atoms with van der Waals surface area (Å²) in [4.78, 5) is 18.4. The Kier molecular flexibility index (Phi) is 5.11. The molecule has 0 bridgehead atoms. The van der Waals surface area contributed by atoms with Gasteiger partial charge in [-0.15, -0.1) is 0 Å². The summed E-state index contributed by atoms with van der Waals surface area (Å²) in [5.74, 6) is 0.136. The first kappa shape index (κ1) is 18.2. The minimum Gasteiger partial charge on any atom is -0.489 e. The first-order valence-corrected chi connectivity index (χ1v) is 8.63. The number of nitrogens with zero attached hydrogens (tertiary/aromatic N) is 2. The zero-order valence-electron chi connectivity index (χ0n) is 15.3. The number of carbonyl (C=O) groups excluding carboxylic acids is 1. The molecule has 5 nitrogen and oxygen atoms in total. The Labute approximate surface area is 152 Å². The van der Waals surface area contributed by atoms with Gasteiger partial charge >= 0.3 is 6.09 Å². The fourth-order valence-corrected chi connectivity index (χ4v) is 2.76. The fraction of sp³-hybridized carbons (Fsp3) is 0.400. The zero-order valence-corrected chi connectivity index (χ0v) is 15.3. The van der Waals surface area contributed by atoms with Gasteiger partial charge in [0.15, 0.2) is 0 Å². The van der Waals surface area contributed by atoms with Gasteiger partial charge < -0.3 is 14.4 Å². The van der Waals surface area contributed by atoms with Gasteiger partial charge in [0, 0.05) is 36.5 Å². The molecule has 2 heterocycles. The van der Waals surface area contributed by atoms with E-state index in [2.05, 4.69) is 4.98 Å². The molecule has 1 amide bonds. The van der Waals surface area contributed by atoms with E-state index in [-0.39, 0.29) is 18.5 Å². The topological polar surface area (TPSA) is 51.7 Å². The predicted octanol–water partition coefficient (Wildman–Crippen LogP) is 4.09. The van der Waals surface area contributed by atoms with Crippen molar-refractivity contribution < 1.29 is 18.7 Å². The lowest BCUT2D eigenvalue weighted by Gasteiger charge is -2.31. The van der Waals surface area contributed by atoms with Crippen molar-refractivity contribution in [2.75, 3.05) is 6.54 Å². The van der Waals surface area contributed by atoms with Crippen LogP contribution in [0.3, 0.4) is 0 Å². The lowest BCUT2D eigenvalue weighted by molar-refractivity contribution is 0.0222. The van der Waals surface area contributed by atoms with Gasteiger partial charge in [0.2, 0.25) is 0 Å². The van der Waals surface area contributed by atoms with Crippen molar-refractivity contribution in [1.29, 1.82) is 0 Å². The van der Waals surface area contributed by atoms with Crippen LogP contribution in [0.1, 0.15) is 37.6 Å². The molecule has 1 aliphatic heterocycles. The van der Waals surface area contributed by atoms with Crippen molar-refractivity contribution in [1.82, 2.24) is 9.88 Å². The van der Waals surface area contributed by atoms with Gasteiger partial charge in [-0.25, -0.2) is 9.18 Å². The Hall–Kier alpha value is -2.63. The summed E-state index contributed by atoms with van der Waals surface area (Å²) >= 11 is 0. The van der Waals surface area contributed by atoms with Gasteiger partial charge in [0.1, 0.15) is 23.8 Å². The standard InChI is InChI=1S/C20H23FN2O3/c1-20(2,3)26-19(24)23-8-7-18-15(12-23)9-14(11-22-18)13-25-17-6-4-5-16(21)10-17/h4-6,9-11H,7-8,12-13H2,1-3H3. The second kappa shape index (κ2) is 7.32. The molecule has 0 aliphatic carbocycles. The van der Waals surface area contributed by atoms with E-state index in [1.54, 1.807) is 23.2 Å². The average molecular weight is 358 g/mol. The van der Waals surface area contributed by atoms with Crippen molar-refractivity contribution in [2.45, 2.75) is 45.9 Å². The highest BCUT2D eigenvalue weighted by molar-refractivity contribution is 5.68. The number of pyridine rings is 1. The van der Waals surface area contributed by atoms with Gasteiger partial charge in [-0.3, -0.25) is 4.98 Å². The Bertz CT molecular complexity index is 802. The lowest BCUT2D eigenvalue weighted by atomic mass is 10.0. The Balaban J connectivity index is 1.66. The summed E-state index contributed by atoms with van der Waals surface area (Å²) in [5, 5.41) is 0. The maximum Gasteiger partial charge on any atom is 0.410 e. The van der Waals surface area contributed by atoms with Gasteiger partial charge in [0.05, 0.1) is 6.54 Å². The first-order chi connectivity index (χ1) is 12.3. The number of aromatic nitrogens is 1. The van der Waals surface area contributed by atoms with Crippen LogP contribution in [0.4, 0.5) is 9.18 Å². The van der Waals surface area contributed by atoms with Crippen LogP contribution in [-0.4, -0.2) is 28.1 Å². The highest BCUT2D eigenvalue weighted by Gasteiger charge is 2.26. The molecule has 0 N–H and O–H groups in total. The number of hydrogen-bond acceptors (Lipinski definition) is 4. The molecule has 0 atom stereocenters. The van der Waals surface area contributed by atoms with E-state index in [1.807, 2.05) is 26.8 Å². The van der Waals surface area contributed by atoms with Gasteiger partial charge in [0.25, 0.3) is 0 Å². The van der Waals surface area contributed by atoms with Crippen LogP contribution >= 0.6 is 0 Å². The molecule has 2 aromatic rings. The quantitative estimate of drug-likeness (QED) is 0.829. The molecule has 6 heteroatoms. The molecular weight excluding hydrogens is 335 g/mol. The van der Waals surface area contributed by atoms with E-state index in [1.165, 1.54) is 12.1 Å². The van der Waals surface area contributed by atoms with Crippen molar-refractivity contribution in [2.24, 2.45) is 0 Å². The Morgan fingerprint density at radius 2 is 2.12 bits per heavy atom. The zero-order chi connectivity index (χ0) is 18.7. The summed E-state index contributed by atoms with van der Waals surface area (Å²) in [7, 11) is 0. The van der Waals surface area contributed by atoms with E-state index in [4.69, 9.17) is 9.47 Å².